The van der Waals surface area contributed by atoms with Gasteiger partial charge in [-0.3, -0.25) is 4.90 Å². The van der Waals surface area contributed by atoms with Gasteiger partial charge in [0.25, 0.3) is 0 Å². The summed E-state index contributed by atoms with van der Waals surface area (Å²) in [6, 6.07) is 9.28. The SMILES string of the molecule is C[C@@H]1CN(C2CCCc3ccccc3C2N)C[C@H](C)O1. The third-order valence-electron chi connectivity index (χ3n) is 4.69. The molecule has 0 bridgehead atoms. The number of rotatable bonds is 1. The Morgan fingerprint density at radius 3 is 2.60 bits per heavy atom. The first kappa shape index (κ1) is 14.1. The average molecular weight is 274 g/mol. The Kier molecular flexibility index (Phi) is 4.11. The van der Waals surface area contributed by atoms with E-state index in [4.69, 9.17) is 10.5 Å². The summed E-state index contributed by atoms with van der Waals surface area (Å²) in [6.45, 7) is 6.34. The molecule has 1 saturated heterocycles. The van der Waals surface area contributed by atoms with Crippen LogP contribution in [0.3, 0.4) is 0 Å². The first-order valence-electron chi connectivity index (χ1n) is 7.88. The van der Waals surface area contributed by atoms with Crippen molar-refractivity contribution in [3.63, 3.8) is 0 Å². The fourth-order valence-corrected chi connectivity index (χ4v) is 3.87. The maximum Gasteiger partial charge on any atom is 0.0678 e. The molecule has 3 rings (SSSR count). The number of hydrogen-bond donors (Lipinski definition) is 1. The molecule has 0 spiro atoms. The van der Waals surface area contributed by atoms with Gasteiger partial charge in [0.1, 0.15) is 0 Å². The molecule has 110 valence electrons. The molecular formula is C17H26N2O. The molecule has 1 fully saturated rings. The quantitative estimate of drug-likeness (QED) is 0.800. The third kappa shape index (κ3) is 2.76. The molecule has 2 N–H and O–H groups in total. The fraction of sp³-hybridized carbons (Fsp3) is 0.647. The van der Waals surface area contributed by atoms with E-state index in [1.165, 1.54) is 24.0 Å². The van der Waals surface area contributed by atoms with Gasteiger partial charge in [-0.2, -0.15) is 0 Å². The standard InChI is InChI=1S/C17H26N2O/c1-12-10-19(11-13(2)20-12)16-9-5-7-14-6-3-4-8-15(14)17(16)18/h3-4,6,8,12-13,16-17H,5,7,9-11,18H2,1-2H3/t12-,13+,16?,17?. The lowest BCUT2D eigenvalue weighted by atomic mass is 9.95. The van der Waals surface area contributed by atoms with Gasteiger partial charge in [0.2, 0.25) is 0 Å². The molecule has 0 radical (unpaired) electrons. The van der Waals surface area contributed by atoms with Gasteiger partial charge in [-0.15, -0.1) is 0 Å². The summed E-state index contributed by atoms with van der Waals surface area (Å²) in [4.78, 5) is 2.56. The van der Waals surface area contributed by atoms with Gasteiger partial charge in [-0.05, 0) is 44.2 Å². The van der Waals surface area contributed by atoms with Crippen molar-refractivity contribution in [1.29, 1.82) is 0 Å². The van der Waals surface area contributed by atoms with E-state index < -0.39 is 0 Å². The smallest absolute Gasteiger partial charge is 0.0678 e. The van der Waals surface area contributed by atoms with Crippen molar-refractivity contribution < 1.29 is 4.74 Å². The second-order valence-electron chi connectivity index (χ2n) is 6.40. The predicted molar refractivity (Wildman–Crippen MR) is 81.7 cm³/mol. The topological polar surface area (TPSA) is 38.5 Å². The minimum atomic E-state index is 0.131. The molecule has 0 amide bonds. The van der Waals surface area contributed by atoms with Crippen LogP contribution < -0.4 is 5.73 Å². The first-order valence-corrected chi connectivity index (χ1v) is 7.88. The normalized spacial score (nSPS) is 35.4. The van der Waals surface area contributed by atoms with Gasteiger partial charge >= 0.3 is 0 Å². The van der Waals surface area contributed by atoms with Gasteiger partial charge in [-0.1, -0.05) is 24.3 Å². The number of ether oxygens (including phenoxy) is 1. The Hall–Kier alpha value is -0.900. The van der Waals surface area contributed by atoms with Gasteiger partial charge in [-0.25, -0.2) is 0 Å². The van der Waals surface area contributed by atoms with Crippen LogP contribution in [0, 0.1) is 0 Å². The number of aryl methyl sites for hydroxylation is 1. The fourth-order valence-electron chi connectivity index (χ4n) is 3.87. The zero-order valence-corrected chi connectivity index (χ0v) is 12.6. The minimum absolute atomic E-state index is 0.131. The van der Waals surface area contributed by atoms with Gasteiger partial charge in [0.15, 0.2) is 0 Å². The van der Waals surface area contributed by atoms with E-state index in [-0.39, 0.29) is 6.04 Å². The second kappa shape index (κ2) is 5.84. The van der Waals surface area contributed by atoms with E-state index in [0.29, 0.717) is 18.2 Å². The zero-order chi connectivity index (χ0) is 14.1. The van der Waals surface area contributed by atoms with Crippen molar-refractivity contribution in [3.8, 4) is 0 Å². The summed E-state index contributed by atoms with van der Waals surface area (Å²) in [5.74, 6) is 0. The molecule has 0 saturated carbocycles. The van der Waals surface area contributed by atoms with Crippen LogP contribution in [0.15, 0.2) is 24.3 Å². The Balaban J connectivity index is 1.83. The molecule has 3 nitrogen and oxygen atoms in total. The van der Waals surface area contributed by atoms with Crippen molar-refractivity contribution in [1.82, 2.24) is 4.90 Å². The summed E-state index contributed by atoms with van der Waals surface area (Å²) in [5.41, 5.74) is 9.42. The summed E-state index contributed by atoms with van der Waals surface area (Å²) in [7, 11) is 0. The van der Waals surface area contributed by atoms with Crippen molar-refractivity contribution >= 4 is 0 Å². The molecule has 1 aromatic rings. The molecule has 0 aromatic heterocycles. The Labute approximate surface area is 122 Å². The predicted octanol–water partition coefficient (Wildman–Crippen LogP) is 2.50. The van der Waals surface area contributed by atoms with Crippen LogP contribution in [0.2, 0.25) is 0 Å². The minimum Gasteiger partial charge on any atom is -0.373 e. The summed E-state index contributed by atoms with van der Waals surface area (Å²) < 4.78 is 5.86. The third-order valence-corrected chi connectivity index (χ3v) is 4.69. The lowest BCUT2D eigenvalue weighted by Crippen LogP contribution is -2.53. The van der Waals surface area contributed by atoms with E-state index in [0.717, 1.165) is 19.5 Å². The van der Waals surface area contributed by atoms with Gasteiger partial charge in [0.05, 0.1) is 12.2 Å². The van der Waals surface area contributed by atoms with Gasteiger partial charge in [0, 0.05) is 25.2 Å². The highest BCUT2D eigenvalue weighted by atomic mass is 16.5. The lowest BCUT2D eigenvalue weighted by Gasteiger charge is -2.42. The second-order valence-corrected chi connectivity index (χ2v) is 6.40. The summed E-state index contributed by atoms with van der Waals surface area (Å²) >= 11 is 0. The van der Waals surface area contributed by atoms with Crippen molar-refractivity contribution in [3.05, 3.63) is 35.4 Å². The van der Waals surface area contributed by atoms with E-state index in [1.807, 2.05) is 0 Å². The Morgan fingerprint density at radius 1 is 1.15 bits per heavy atom. The molecular weight excluding hydrogens is 248 g/mol. The van der Waals surface area contributed by atoms with Crippen LogP contribution in [0.1, 0.15) is 43.9 Å². The molecule has 1 aromatic carbocycles. The summed E-state index contributed by atoms with van der Waals surface area (Å²) in [6.07, 6.45) is 4.20. The molecule has 2 aliphatic rings. The number of nitrogens with two attached hydrogens (primary N) is 1. The number of fused-ring (bicyclic) bond motifs is 1. The Morgan fingerprint density at radius 2 is 1.85 bits per heavy atom. The highest BCUT2D eigenvalue weighted by Gasteiger charge is 2.33. The van der Waals surface area contributed by atoms with E-state index in [1.54, 1.807) is 0 Å². The maximum absolute atomic E-state index is 6.63. The van der Waals surface area contributed by atoms with Crippen LogP contribution >= 0.6 is 0 Å². The van der Waals surface area contributed by atoms with Crippen LogP contribution in [-0.4, -0.2) is 36.2 Å². The summed E-state index contributed by atoms with van der Waals surface area (Å²) in [5, 5.41) is 0. The lowest BCUT2D eigenvalue weighted by molar-refractivity contribution is -0.0840. The van der Waals surface area contributed by atoms with Crippen LogP contribution in [0.25, 0.3) is 0 Å². The van der Waals surface area contributed by atoms with Gasteiger partial charge < -0.3 is 10.5 Å². The number of benzene rings is 1. The molecule has 1 heterocycles. The van der Waals surface area contributed by atoms with Crippen LogP contribution in [-0.2, 0) is 11.2 Å². The van der Waals surface area contributed by atoms with Crippen molar-refractivity contribution in [2.45, 2.75) is 57.4 Å². The highest BCUT2D eigenvalue weighted by molar-refractivity contribution is 5.32. The van der Waals surface area contributed by atoms with E-state index >= 15 is 0 Å². The first-order chi connectivity index (χ1) is 9.65. The van der Waals surface area contributed by atoms with Crippen molar-refractivity contribution in [2.75, 3.05) is 13.1 Å². The number of nitrogens with zero attached hydrogens (tertiary/aromatic N) is 1. The highest BCUT2D eigenvalue weighted by Crippen LogP contribution is 2.31. The van der Waals surface area contributed by atoms with E-state index in [9.17, 15) is 0 Å². The molecule has 4 atom stereocenters. The maximum atomic E-state index is 6.63. The number of hydrogen-bond acceptors (Lipinski definition) is 3. The Bertz CT molecular complexity index is 452. The molecule has 1 aliphatic heterocycles. The monoisotopic (exact) mass is 274 g/mol. The average Bonchev–Trinajstić information content (AvgIpc) is 2.58. The van der Waals surface area contributed by atoms with Crippen LogP contribution in [0.5, 0.6) is 0 Å². The van der Waals surface area contributed by atoms with Crippen molar-refractivity contribution in [2.24, 2.45) is 5.73 Å². The molecule has 2 unspecified atom stereocenters. The molecule has 20 heavy (non-hydrogen) atoms. The molecule has 3 heteroatoms. The number of morpholine rings is 1. The molecule has 1 aliphatic carbocycles. The largest absolute Gasteiger partial charge is 0.373 e. The van der Waals surface area contributed by atoms with Crippen LogP contribution in [0.4, 0.5) is 0 Å². The van der Waals surface area contributed by atoms with E-state index in [2.05, 4.69) is 43.0 Å². The zero-order valence-electron chi connectivity index (χ0n) is 12.6.